The van der Waals surface area contributed by atoms with E-state index in [0.29, 0.717) is 32.9 Å². The molecule has 0 spiro atoms. The van der Waals surface area contributed by atoms with Crippen LogP contribution in [-0.4, -0.2) is 46.4 Å². The Labute approximate surface area is 191 Å². The van der Waals surface area contributed by atoms with Gasteiger partial charge in [-0.25, -0.2) is 19.7 Å². The van der Waals surface area contributed by atoms with E-state index in [9.17, 15) is 13.6 Å². The summed E-state index contributed by atoms with van der Waals surface area (Å²) in [5, 5.41) is 1.76. The minimum atomic E-state index is -2.99. The summed E-state index contributed by atoms with van der Waals surface area (Å²) in [6, 6.07) is 7.28. The van der Waals surface area contributed by atoms with Crippen LogP contribution in [0.25, 0.3) is 31.8 Å². The molecule has 172 valence electrons. The van der Waals surface area contributed by atoms with Crippen LogP contribution in [0, 0.1) is 13.8 Å². The topological polar surface area (TPSA) is 86.7 Å². The predicted molar refractivity (Wildman–Crippen MR) is 120 cm³/mol. The summed E-state index contributed by atoms with van der Waals surface area (Å²) in [6.45, 7) is 2.86. The minimum Gasteiger partial charge on any atom is -0.451 e. The summed E-state index contributed by atoms with van der Waals surface area (Å²) < 4.78 is 35.1. The second-order valence-electron chi connectivity index (χ2n) is 7.10. The van der Waals surface area contributed by atoms with Gasteiger partial charge in [0.25, 0.3) is 0 Å². The van der Waals surface area contributed by atoms with Crippen LogP contribution in [0.5, 0.6) is 11.6 Å². The second kappa shape index (κ2) is 9.10. The molecule has 0 bridgehead atoms. The molecule has 1 amide bonds. The van der Waals surface area contributed by atoms with Crippen LogP contribution in [0.15, 0.2) is 30.5 Å². The maximum Gasteiger partial charge on any atom is 0.442 e. The number of alkyl halides is 2. The SMILES string of the molecule is CCN(Oc1ccc(C)c2nc(-c3cc(C)cc4nc(OC(F)F)cnc34)sc12)C(=O)OC. The first-order valence-electron chi connectivity index (χ1n) is 9.96. The molecule has 2 heterocycles. The molecule has 0 aliphatic heterocycles. The van der Waals surface area contributed by atoms with Crippen LogP contribution in [0.3, 0.4) is 0 Å². The molecule has 0 unspecified atom stereocenters. The van der Waals surface area contributed by atoms with Crippen molar-refractivity contribution in [2.24, 2.45) is 0 Å². The zero-order valence-corrected chi connectivity index (χ0v) is 19.1. The zero-order valence-electron chi connectivity index (χ0n) is 18.3. The van der Waals surface area contributed by atoms with Gasteiger partial charge in [0, 0.05) is 5.56 Å². The van der Waals surface area contributed by atoms with E-state index in [1.165, 1.54) is 18.4 Å². The van der Waals surface area contributed by atoms with Crippen LogP contribution >= 0.6 is 11.3 Å². The van der Waals surface area contributed by atoms with E-state index in [2.05, 4.69) is 14.7 Å². The average Bonchev–Trinajstić information content (AvgIpc) is 3.23. The van der Waals surface area contributed by atoms with Crippen molar-refractivity contribution in [3.8, 4) is 22.2 Å². The number of methoxy groups -OCH3 is 1. The first-order chi connectivity index (χ1) is 15.8. The summed E-state index contributed by atoms with van der Waals surface area (Å²) in [7, 11) is 1.28. The molecule has 4 rings (SSSR count). The Bertz CT molecular complexity index is 1350. The number of amides is 1. The van der Waals surface area contributed by atoms with E-state index >= 15 is 0 Å². The lowest BCUT2D eigenvalue weighted by Gasteiger charge is -2.19. The van der Waals surface area contributed by atoms with Gasteiger partial charge in [-0.2, -0.15) is 8.78 Å². The summed E-state index contributed by atoms with van der Waals surface area (Å²) in [5.74, 6) is 0.203. The molecule has 2 aromatic carbocycles. The number of hydrogen-bond donors (Lipinski definition) is 0. The van der Waals surface area contributed by atoms with Gasteiger partial charge < -0.3 is 14.3 Å². The molecule has 0 aliphatic carbocycles. The number of hydroxylamine groups is 2. The number of halogens is 2. The molecule has 33 heavy (non-hydrogen) atoms. The number of benzene rings is 2. The maximum absolute atomic E-state index is 12.6. The van der Waals surface area contributed by atoms with E-state index in [1.807, 2.05) is 26.0 Å². The fourth-order valence-corrected chi connectivity index (χ4v) is 4.41. The molecule has 0 radical (unpaired) electrons. The fraction of sp³-hybridized carbons (Fsp3) is 0.273. The number of ether oxygens (including phenoxy) is 2. The van der Waals surface area contributed by atoms with Gasteiger partial charge in [0.2, 0.25) is 5.88 Å². The number of nitrogens with zero attached hydrogens (tertiary/aromatic N) is 4. The van der Waals surface area contributed by atoms with Gasteiger partial charge in [-0.15, -0.1) is 16.4 Å². The number of carbonyl (C=O) groups excluding carboxylic acids is 1. The third-order valence-electron chi connectivity index (χ3n) is 4.79. The lowest BCUT2D eigenvalue weighted by molar-refractivity contribution is -0.0528. The molecule has 2 aromatic heterocycles. The average molecular weight is 474 g/mol. The first kappa shape index (κ1) is 22.6. The smallest absolute Gasteiger partial charge is 0.442 e. The zero-order chi connectivity index (χ0) is 23.7. The molecule has 0 saturated heterocycles. The molecule has 0 aliphatic rings. The highest BCUT2D eigenvalue weighted by atomic mass is 32.1. The Kier molecular flexibility index (Phi) is 6.23. The molecule has 4 aromatic rings. The van der Waals surface area contributed by atoms with Crippen molar-refractivity contribution < 1.29 is 27.9 Å². The van der Waals surface area contributed by atoms with Crippen molar-refractivity contribution in [3.05, 3.63) is 41.6 Å². The highest BCUT2D eigenvalue weighted by molar-refractivity contribution is 7.22. The molecule has 0 atom stereocenters. The quantitative estimate of drug-likeness (QED) is 0.341. The second-order valence-corrected chi connectivity index (χ2v) is 8.10. The van der Waals surface area contributed by atoms with Crippen molar-refractivity contribution in [2.45, 2.75) is 27.4 Å². The Morgan fingerprint density at radius 1 is 1.18 bits per heavy atom. The maximum atomic E-state index is 12.6. The highest BCUT2D eigenvalue weighted by Gasteiger charge is 2.20. The van der Waals surface area contributed by atoms with Gasteiger partial charge >= 0.3 is 12.7 Å². The van der Waals surface area contributed by atoms with E-state index in [1.54, 1.807) is 19.1 Å². The molecule has 0 fully saturated rings. The Morgan fingerprint density at radius 3 is 2.67 bits per heavy atom. The normalized spacial score (nSPS) is 11.2. The first-order valence-corrected chi connectivity index (χ1v) is 10.8. The molecular weight excluding hydrogens is 454 g/mol. The van der Waals surface area contributed by atoms with Crippen molar-refractivity contribution in [1.29, 1.82) is 0 Å². The summed E-state index contributed by atoms with van der Waals surface area (Å²) >= 11 is 1.37. The number of fused-ring (bicyclic) bond motifs is 2. The highest BCUT2D eigenvalue weighted by Crippen LogP contribution is 2.40. The van der Waals surface area contributed by atoms with Gasteiger partial charge in [0.15, 0.2) is 5.75 Å². The summed E-state index contributed by atoms with van der Waals surface area (Å²) in [4.78, 5) is 31.0. The van der Waals surface area contributed by atoms with Crippen LogP contribution in [0.2, 0.25) is 0 Å². The third kappa shape index (κ3) is 4.49. The van der Waals surface area contributed by atoms with Gasteiger partial charge in [0.1, 0.15) is 9.71 Å². The van der Waals surface area contributed by atoms with Crippen LogP contribution in [0.1, 0.15) is 18.1 Å². The van der Waals surface area contributed by atoms with Crippen molar-refractivity contribution in [2.75, 3.05) is 13.7 Å². The molecule has 0 saturated carbocycles. The summed E-state index contributed by atoms with van der Waals surface area (Å²) in [6.07, 6.45) is 0.549. The van der Waals surface area contributed by atoms with Gasteiger partial charge in [-0.1, -0.05) is 6.07 Å². The van der Waals surface area contributed by atoms with E-state index < -0.39 is 12.7 Å². The summed E-state index contributed by atoms with van der Waals surface area (Å²) in [5.41, 5.74) is 4.12. The number of aromatic nitrogens is 3. The third-order valence-corrected chi connectivity index (χ3v) is 5.90. The van der Waals surface area contributed by atoms with Gasteiger partial charge in [-0.05, 0) is 50.1 Å². The standard InChI is InChI=1S/C22H20F2N4O4S/c1-5-28(22(29)30-4)32-15-7-6-12(3)17-19(15)33-20(27-17)13-8-11(2)9-14-18(13)25-10-16(26-14)31-21(23)24/h6-10,21H,5H2,1-4H3. The van der Waals surface area contributed by atoms with Gasteiger partial charge in [0.05, 0.1) is 36.4 Å². The number of thiazole rings is 1. The lowest BCUT2D eigenvalue weighted by Crippen LogP contribution is -2.33. The molecule has 8 nitrogen and oxygen atoms in total. The number of aryl methyl sites for hydroxylation is 2. The minimum absolute atomic E-state index is 0.257. The van der Waals surface area contributed by atoms with Crippen molar-refractivity contribution in [3.63, 3.8) is 0 Å². The number of carbonyl (C=O) groups is 1. The lowest BCUT2D eigenvalue weighted by atomic mass is 10.1. The van der Waals surface area contributed by atoms with E-state index in [4.69, 9.17) is 14.6 Å². The van der Waals surface area contributed by atoms with E-state index in [0.717, 1.165) is 27.1 Å². The van der Waals surface area contributed by atoms with Crippen molar-refractivity contribution in [1.82, 2.24) is 20.0 Å². The van der Waals surface area contributed by atoms with Crippen LogP contribution in [-0.2, 0) is 4.74 Å². The number of hydrogen-bond acceptors (Lipinski definition) is 8. The largest absolute Gasteiger partial charge is 0.451 e. The van der Waals surface area contributed by atoms with Gasteiger partial charge in [-0.3, -0.25) is 0 Å². The molecular formula is C22H20F2N4O4S. The van der Waals surface area contributed by atoms with E-state index in [-0.39, 0.29) is 12.4 Å². The Hall–Kier alpha value is -3.60. The molecule has 11 heteroatoms. The Balaban J connectivity index is 1.83. The van der Waals surface area contributed by atoms with Crippen LogP contribution < -0.4 is 9.57 Å². The predicted octanol–water partition coefficient (Wildman–Crippen LogP) is 5.51. The number of rotatable bonds is 6. The van der Waals surface area contributed by atoms with Crippen LogP contribution in [0.4, 0.5) is 13.6 Å². The Morgan fingerprint density at radius 2 is 1.97 bits per heavy atom. The molecule has 0 N–H and O–H groups in total. The monoisotopic (exact) mass is 474 g/mol. The fourth-order valence-electron chi connectivity index (χ4n) is 3.31. The van der Waals surface area contributed by atoms with Crippen molar-refractivity contribution >= 4 is 38.7 Å².